The second kappa shape index (κ2) is 17.4. The minimum absolute atomic E-state index is 0.170. The van der Waals surface area contributed by atoms with Crippen LogP contribution in [0.2, 0.25) is 0 Å². The zero-order chi connectivity index (χ0) is 35.3. The molecule has 15 heteroatoms. The molecule has 1 aliphatic rings. The molecule has 260 valence electrons. The van der Waals surface area contributed by atoms with Gasteiger partial charge in [0.2, 0.25) is 11.8 Å². The van der Waals surface area contributed by atoms with Gasteiger partial charge in [0.25, 0.3) is 12.4 Å². The maximum absolute atomic E-state index is 13.9. The SMILES string of the molecule is COc1ccc2cc1OCCCN(C(=O)c1cnn(-c3ccccn3)c1C)CC(=O)N[C@H](C(C)C)C(=O)NCCCn1ccnc1-2.O=CO. The van der Waals surface area contributed by atoms with Crippen molar-refractivity contribution in [3.05, 3.63) is 72.4 Å². The molecule has 15 nitrogen and oxygen atoms in total. The van der Waals surface area contributed by atoms with Gasteiger partial charge in [0.15, 0.2) is 17.3 Å². The molecule has 0 saturated heterocycles. The molecule has 49 heavy (non-hydrogen) atoms. The van der Waals surface area contributed by atoms with Gasteiger partial charge in [-0.1, -0.05) is 19.9 Å². The van der Waals surface area contributed by atoms with Crippen LogP contribution in [0.4, 0.5) is 0 Å². The Morgan fingerprint density at radius 3 is 2.63 bits per heavy atom. The van der Waals surface area contributed by atoms with Gasteiger partial charge in [-0.15, -0.1) is 0 Å². The van der Waals surface area contributed by atoms with Gasteiger partial charge in [0, 0.05) is 43.8 Å². The zero-order valence-corrected chi connectivity index (χ0v) is 28.0. The standard InChI is InChI=1S/C33H40N8O5.CH2O2/c1-22(2)30-32(43)36-13-7-15-39-17-14-35-31(39)24-10-11-26(45-4)27(19-24)46-18-8-16-40(21-29(42)38-30)33(44)25-20-37-41(23(25)3)28-9-5-6-12-34-28;2-1-3/h5-6,9-12,14,17,19-20,22,30H,7-8,13,15-16,18,21H2,1-4H3,(H,36,43)(H,38,42);1H,(H,2,3)/t30-;/m1./s1. The van der Waals surface area contributed by atoms with Gasteiger partial charge < -0.3 is 34.7 Å². The summed E-state index contributed by atoms with van der Waals surface area (Å²) >= 11 is 0. The van der Waals surface area contributed by atoms with Gasteiger partial charge in [-0.05, 0) is 56.0 Å². The number of nitrogens with zero attached hydrogens (tertiary/aromatic N) is 6. The first-order chi connectivity index (χ1) is 23.7. The van der Waals surface area contributed by atoms with E-state index in [1.807, 2.05) is 48.9 Å². The topological polar surface area (TPSA) is 183 Å². The Kier molecular flexibility index (Phi) is 12.8. The lowest BCUT2D eigenvalue weighted by molar-refractivity contribution is -0.130. The number of aromatic nitrogens is 5. The molecule has 1 aliphatic heterocycles. The van der Waals surface area contributed by atoms with Gasteiger partial charge in [-0.2, -0.15) is 5.10 Å². The number of nitrogens with one attached hydrogen (secondary N) is 2. The monoisotopic (exact) mass is 674 g/mol. The average molecular weight is 675 g/mol. The number of fused-ring (bicyclic) bond motifs is 4. The van der Waals surface area contributed by atoms with Crippen molar-refractivity contribution in [1.29, 1.82) is 0 Å². The molecule has 0 radical (unpaired) electrons. The Morgan fingerprint density at radius 1 is 1.12 bits per heavy atom. The summed E-state index contributed by atoms with van der Waals surface area (Å²) in [5.74, 6) is 1.21. The number of rotatable bonds is 4. The maximum Gasteiger partial charge on any atom is 0.290 e. The summed E-state index contributed by atoms with van der Waals surface area (Å²) in [6.45, 7) is 6.54. The van der Waals surface area contributed by atoms with Crippen LogP contribution in [0.15, 0.2) is 61.2 Å². The van der Waals surface area contributed by atoms with E-state index in [0.717, 1.165) is 11.4 Å². The highest BCUT2D eigenvalue weighted by Crippen LogP contribution is 2.32. The number of amides is 3. The second-order valence-corrected chi connectivity index (χ2v) is 11.5. The van der Waals surface area contributed by atoms with Crippen LogP contribution in [0, 0.1) is 12.8 Å². The summed E-state index contributed by atoms with van der Waals surface area (Å²) in [4.78, 5) is 59.1. The molecule has 0 fully saturated rings. The minimum atomic E-state index is -0.763. The summed E-state index contributed by atoms with van der Waals surface area (Å²) in [5, 5.41) is 17.1. The number of aryl methyl sites for hydroxylation is 1. The van der Waals surface area contributed by atoms with Gasteiger partial charge >= 0.3 is 0 Å². The Morgan fingerprint density at radius 2 is 1.92 bits per heavy atom. The molecular weight excluding hydrogens is 632 g/mol. The molecule has 3 N–H and O–H groups in total. The van der Waals surface area contributed by atoms with Crippen molar-refractivity contribution in [1.82, 2.24) is 39.8 Å². The predicted molar refractivity (Wildman–Crippen MR) is 179 cm³/mol. The molecule has 0 aliphatic carbocycles. The highest BCUT2D eigenvalue weighted by atomic mass is 16.5. The number of imidazole rings is 1. The van der Waals surface area contributed by atoms with Crippen molar-refractivity contribution in [3.63, 3.8) is 0 Å². The molecule has 1 atom stereocenters. The number of pyridine rings is 1. The van der Waals surface area contributed by atoms with Crippen molar-refractivity contribution in [2.24, 2.45) is 5.92 Å². The quantitative estimate of drug-likeness (QED) is 0.272. The van der Waals surface area contributed by atoms with Gasteiger partial charge in [-0.25, -0.2) is 14.6 Å². The van der Waals surface area contributed by atoms with E-state index in [9.17, 15) is 14.4 Å². The summed E-state index contributed by atoms with van der Waals surface area (Å²) in [6.07, 6.45) is 7.85. The van der Waals surface area contributed by atoms with Crippen LogP contribution in [-0.2, 0) is 20.9 Å². The predicted octanol–water partition coefficient (Wildman–Crippen LogP) is 2.72. The van der Waals surface area contributed by atoms with E-state index in [0.29, 0.717) is 54.5 Å². The number of hydrogen-bond acceptors (Lipinski definition) is 9. The fourth-order valence-corrected chi connectivity index (χ4v) is 5.37. The lowest BCUT2D eigenvalue weighted by atomic mass is 10.0. The van der Waals surface area contributed by atoms with E-state index >= 15 is 0 Å². The van der Waals surface area contributed by atoms with Crippen molar-refractivity contribution < 1.29 is 33.8 Å². The minimum Gasteiger partial charge on any atom is -0.493 e. The molecule has 0 spiro atoms. The third-order valence-corrected chi connectivity index (χ3v) is 7.84. The number of carboxylic acid groups (broad SMARTS) is 1. The Labute approximate surface area is 284 Å². The first-order valence-electron chi connectivity index (χ1n) is 15.9. The molecule has 5 rings (SSSR count). The van der Waals surface area contributed by atoms with E-state index in [-0.39, 0.29) is 43.9 Å². The van der Waals surface area contributed by atoms with Crippen molar-refractivity contribution >= 4 is 24.2 Å². The number of carbonyl (C=O) groups is 4. The number of hydrogen-bond donors (Lipinski definition) is 3. The maximum atomic E-state index is 13.9. The van der Waals surface area contributed by atoms with E-state index in [1.54, 1.807) is 43.2 Å². The van der Waals surface area contributed by atoms with Crippen LogP contribution >= 0.6 is 0 Å². The van der Waals surface area contributed by atoms with Crippen LogP contribution < -0.4 is 20.1 Å². The molecule has 0 saturated carbocycles. The average Bonchev–Trinajstić information content (AvgIpc) is 3.73. The summed E-state index contributed by atoms with van der Waals surface area (Å²) in [6, 6.07) is 10.3. The molecular formula is C34H42N8O7. The van der Waals surface area contributed by atoms with E-state index < -0.39 is 11.9 Å². The molecule has 3 aromatic heterocycles. The molecule has 4 heterocycles. The van der Waals surface area contributed by atoms with Gasteiger partial charge in [0.05, 0.1) is 37.7 Å². The van der Waals surface area contributed by atoms with Crippen molar-refractivity contribution in [3.8, 4) is 28.7 Å². The normalized spacial score (nSPS) is 15.9. The number of carbonyl (C=O) groups excluding carboxylic acids is 3. The highest BCUT2D eigenvalue weighted by molar-refractivity contribution is 5.98. The smallest absolute Gasteiger partial charge is 0.290 e. The summed E-state index contributed by atoms with van der Waals surface area (Å²) in [7, 11) is 1.58. The summed E-state index contributed by atoms with van der Waals surface area (Å²) < 4.78 is 15.3. The lowest BCUT2D eigenvalue weighted by Crippen LogP contribution is -2.52. The molecule has 3 amide bonds. The molecule has 2 bridgehead atoms. The van der Waals surface area contributed by atoms with Crippen molar-refractivity contribution in [2.45, 2.75) is 46.2 Å². The Hall–Kier alpha value is -5.73. The van der Waals surface area contributed by atoms with Crippen LogP contribution in [0.3, 0.4) is 0 Å². The zero-order valence-electron chi connectivity index (χ0n) is 28.0. The van der Waals surface area contributed by atoms with Crippen LogP contribution in [-0.4, -0.2) is 97.9 Å². The lowest BCUT2D eigenvalue weighted by Gasteiger charge is -2.26. The fraction of sp³-hybridized carbons (Fsp3) is 0.382. The fourth-order valence-electron chi connectivity index (χ4n) is 5.37. The van der Waals surface area contributed by atoms with Gasteiger partial charge in [0.1, 0.15) is 11.9 Å². The molecule has 1 aromatic carbocycles. The second-order valence-electron chi connectivity index (χ2n) is 11.5. The Balaban J connectivity index is 0.00000174. The third kappa shape index (κ3) is 9.21. The van der Waals surface area contributed by atoms with E-state index in [1.165, 1.54) is 11.1 Å². The third-order valence-electron chi connectivity index (χ3n) is 7.84. The van der Waals surface area contributed by atoms with E-state index in [4.69, 9.17) is 19.4 Å². The van der Waals surface area contributed by atoms with Crippen molar-refractivity contribution in [2.75, 3.05) is 33.4 Å². The van der Waals surface area contributed by atoms with Crippen LogP contribution in [0.5, 0.6) is 11.5 Å². The Bertz CT molecular complexity index is 1720. The molecule has 0 unspecified atom stereocenters. The number of methoxy groups -OCH3 is 1. The highest BCUT2D eigenvalue weighted by Gasteiger charge is 2.28. The molecule has 4 aromatic rings. The van der Waals surface area contributed by atoms with E-state index in [2.05, 4.69) is 25.7 Å². The first-order valence-corrected chi connectivity index (χ1v) is 15.9. The van der Waals surface area contributed by atoms with Crippen LogP contribution in [0.25, 0.3) is 17.2 Å². The number of ether oxygens (including phenoxy) is 2. The first kappa shape index (κ1) is 36.1. The number of benzene rings is 1. The van der Waals surface area contributed by atoms with Crippen LogP contribution in [0.1, 0.15) is 42.7 Å². The largest absolute Gasteiger partial charge is 0.493 e. The van der Waals surface area contributed by atoms with Gasteiger partial charge in [-0.3, -0.25) is 19.2 Å². The summed E-state index contributed by atoms with van der Waals surface area (Å²) in [5.41, 5.74) is 1.80.